The van der Waals surface area contributed by atoms with Gasteiger partial charge < -0.3 is 0 Å². The summed E-state index contributed by atoms with van der Waals surface area (Å²) in [4.78, 5) is 3.26. The first-order valence-electron chi connectivity index (χ1n) is 3.77. The van der Waals surface area contributed by atoms with E-state index in [4.69, 9.17) is 5.26 Å². The molecule has 0 spiro atoms. The van der Waals surface area contributed by atoms with Gasteiger partial charge in [0, 0.05) is 17.8 Å². The molecule has 88 valence electrons. The molecule has 1 rings (SSSR count). The Morgan fingerprint density at radius 3 is 2.75 bits per heavy atom. The van der Waals surface area contributed by atoms with Crippen molar-refractivity contribution >= 4 is 26.4 Å². The Bertz CT molecular complexity index is 534. The number of halogens is 3. The van der Waals surface area contributed by atoms with Gasteiger partial charge in [-0.1, -0.05) is 0 Å². The van der Waals surface area contributed by atoms with E-state index in [-0.39, 0.29) is 4.88 Å². The Morgan fingerprint density at radius 2 is 2.31 bits per heavy atom. The Labute approximate surface area is 93.9 Å². The first-order valence-corrected chi connectivity index (χ1v) is 6.62. The second-order valence-corrected chi connectivity index (χ2v) is 6.11. The molecule has 0 radical (unpaired) electrons. The molecule has 16 heavy (non-hydrogen) atoms. The molecule has 0 saturated carbocycles. The van der Waals surface area contributed by atoms with Crippen molar-refractivity contribution < 1.29 is 17.4 Å². The summed E-state index contributed by atoms with van der Waals surface area (Å²) in [5, 5.41) is 8.31. The summed E-state index contributed by atoms with van der Waals surface area (Å²) in [5.74, 6) is 0. The molecule has 1 N–H and O–H groups in total. The SMILES string of the molecule is CS(=O)(=Cc1cnc(C(F)(F)F)s1)NC#N. The lowest BCUT2D eigenvalue weighted by atomic mass is 10.6. The highest BCUT2D eigenvalue weighted by Crippen LogP contribution is 2.31. The summed E-state index contributed by atoms with van der Waals surface area (Å²) in [5.41, 5.74) is 0. The summed E-state index contributed by atoms with van der Waals surface area (Å²) in [7, 11) is -2.80. The molecule has 0 aliphatic carbocycles. The minimum Gasteiger partial charge on any atom is -0.249 e. The predicted molar refractivity (Wildman–Crippen MR) is 55.1 cm³/mol. The van der Waals surface area contributed by atoms with E-state index < -0.39 is 20.9 Å². The summed E-state index contributed by atoms with van der Waals surface area (Å²) in [6.45, 7) is 0. The molecule has 1 unspecified atom stereocenters. The van der Waals surface area contributed by atoms with Gasteiger partial charge >= 0.3 is 6.18 Å². The van der Waals surface area contributed by atoms with Crippen LogP contribution in [-0.2, 0) is 15.9 Å². The van der Waals surface area contributed by atoms with Crippen molar-refractivity contribution in [1.82, 2.24) is 9.71 Å². The van der Waals surface area contributed by atoms with Crippen LogP contribution >= 0.6 is 11.3 Å². The van der Waals surface area contributed by atoms with E-state index in [0.29, 0.717) is 11.3 Å². The molecule has 0 amide bonds. The molecule has 0 aliphatic heterocycles. The normalized spacial score (nSPS) is 14.9. The van der Waals surface area contributed by atoms with E-state index in [9.17, 15) is 17.4 Å². The van der Waals surface area contributed by atoms with Crippen molar-refractivity contribution in [2.75, 3.05) is 6.26 Å². The van der Waals surface area contributed by atoms with Crippen molar-refractivity contribution in [3.8, 4) is 6.19 Å². The lowest BCUT2D eigenvalue weighted by Gasteiger charge is -1.99. The van der Waals surface area contributed by atoms with Crippen molar-refractivity contribution in [1.29, 1.82) is 5.26 Å². The van der Waals surface area contributed by atoms with Crippen LogP contribution in [0.5, 0.6) is 0 Å². The second kappa shape index (κ2) is 4.31. The quantitative estimate of drug-likeness (QED) is 0.498. The number of nitriles is 1. The van der Waals surface area contributed by atoms with Gasteiger partial charge in [-0.25, -0.2) is 13.9 Å². The fourth-order valence-electron chi connectivity index (χ4n) is 0.814. The van der Waals surface area contributed by atoms with Gasteiger partial charge in [0.1, 0.15) is 0 Å². The molecule has 0 aliphatic rings. The van der Waals surface area contributed by atoms with Crippen LogP contribution in [0.2, 0.25) is 0 Å². The zero-order valence-corrected chi connectivity index (χ0v) is 9.54. The standard InChI is InChI=1S/C7H6F3N3OS2/c1-16(14,13-4-11)3-5-2-12-6(15-5)7(8,9)10/h2-3H,1H3,(H,13,14). The number of thiazole rings is 1. The first-order chi connectivity index (χ1) is 7.24. The number of nitrogens with zero attached hydrogens (tertiary/aromatic N) is 2. The molecule has 1 aromatic rings. The highest BCUT2D eigenvalue weighted by Gasteiger charge is 2.34. The first kappa shape index (κ1) is 12.8. The number of alkyl halides is 3. The van der Waals surface area contributed by atoms with Crippen LogP contribution in [0, 0.1) is 11.5 Å². The maximum atomic E-state index is 12.2. The third-order valence-corrected chi connectivity index (χ3v) is 3.69. The van der Waals surface area contributed by atoms with Crippen LogP contribution < -0.4 is 4.72 Å². The van der Waals surface area contributed by atoms with E-state index in [1.807, 2.05) is 4.72 Å². The zero-order chi connectivity index (χ0) is 12.4. The lowest BCUT2D eigenvalue weighted by Crippen LogP contribution is -2.18. The molecule has 0 aromatic carbocycles. The van der Waals surface area contributed by atoms with Crippen molar-refractivity contribution in [2.24, 2.45) is 0 Å². The fourth-order valence-corrected chi connectivity index (χ4v) is 2.85. The fraction of sp³-hybridized carbons (Fsp3) is 0.286. The molecule has 0 fully saturated rings. The maximum absolute atomic E-state index is 12.2. The van der Waals surface area contributed by atoms with E-state index in [1.165, 1.54) is 12.4 Å². The topological polar surface area (TPSA) is 65.8 Å². The van der Waals surface area contributed by atoms with Gasteiger partial charge in [0.05, 0.1) is 14.6 Å². The van der Waals surface area contributed by atoms with E-state index in [2.05, 4.69) is 4.98 Å². The van der Waals surface area contributed by atoms with Crippen LogP contribution in [0.25, 0.3) is 0 Å². The number of hydrogen-bond donors (Lipinski definition) is 1. The minimum absolute atomic E-state index is 0.0996. The van der Waals surface area contributed by atoms with Crippen LogP contribution in [0.15, 0.2) is 6.20 Å². The smallest absolute Gasteiger partial charge is 0.249 e. The molecule has 1 heterocycles. The van der Waals surface area contributed by atoms with E-state index >= 15 is 0 Å². The molecular formula is C7H6F3N3OS2. The molecular weight excluding hydrogens is 263 g/mol. The van der Waals surface area contributed by atoms with Gasteiger partial charge in [-0.05, 0) is 0 Å². The van der Waals surface area contributed by atoms with E-state index in [1.54, 1.807) is 0 Å². The Hall–Kier alpha value is -1.27. The highest BCUT2D eigenvalue weighted by atomic mass is 32.2. The van der Waals surface area contributed by atoms with Crippen LogP contribution in [0.1, 0.15) is 9.88 Å². The van der Waals surface area contributed by atoms with E-state index in [0.717, 1.165) is 11.6 Å². The van der Waals surface area contributed by atoms with Gasteiger partial charge in [0.25, 0.3) is 0 Å². The number of hydrogen-bond acceptors (Lipinski definition) is 4. The van der Waals surface area contributed by atoms with Crippen LogP contribution in [-0.4, -0.2) is 20.8 Å². The largest absolute Gasteiger partial charge is 0.443 e. The minimum atomic E-state index is -4.51. The monoisotopic (exact) mass is 269 g/mol. The van der Waals surface area contributed by atoms with Crippen molar-refractivity contribution in [3.05, 3.63) is 16.1 Å². The van der Waals surface area contributed by atoms with Crippen molar-refractivity contribution in [2.45, 2.75) is 6.18 Å². The van der Waals surface area contributed by atoms with Crippen LogP contribution in [0.4, 0.5) is 13.2 Å². The van der Waals surface area contributed by atoms with Gasteiger partial charge in [0.2, 0.25) is 0 Å². The Morgan fingerprint density at radius 1 is 1.69 bits per heavy atom. The average molecular weight is 269 g/mol. The Balaban J connectivity index is 3.06. The molecule has 1 aromatic heterocycles. The summed E-state index contributed by atoms with van der Waals surface area (Å²) in [6, 6.07) is 0. The molecule has 1 atom stereocenters. The van der Waals surface area contributed by atoms with Gasteiger partial charge in [-0.3, -0.25) is 0 Å². The maximum Gasteiger partial charge on any atom is 0.443 e. The number of aromatic nitrogens is 1. The van der Waals surface area contributed by atoms with Gasteiger partial charge in [-0.15, -0.1) is 11.3 Å². The Kier molecular flexibility index (Phi) is 3.44. The molecule has 9 heteroatoms. The molecule has 4 nitrogen and oxygen atoms in total. The number of nitrogens with one attached hydrogen (secondary N) is 1. The summed E-state index contributed by atoms with van der Waals surface area (Å²) < 4.78 is 50.0. The third kappa shape index (κ3) is 3.39. The average Bonchev–Trinajstić information content (AvgIpc) is 2.50. The second-order valence-electron chi connectivity index (χ2n) is 2.80. The zero-order valence-electron chi connectivity index (χ0n) is 7.91. The van der Waals surface area contributed by atoms with Crippen LogP contribution in [0.3, 0.4) is 0 Å². The summed E-state index contributed by atoms with van der Waals surface area (Å²) >= 11 is 0.372. The van der Waals surface area contributed by atoms with Gasteiger partial charge in [-0.2, -0.15) is 18.4 Å². The lowest BCUT2D eigenvalue weighted by molar-refractivity contribution is -0.137. The third-order valence-electron chi connectivity index (χ3n) is 1.36. The molecule has 0 saturated heterocycles. The number of rotatable bonds is 2. The summed E-state index contributed by atoms with van der Waals surface area (Å²) in [6.07, 6.45) is -0.856. The molecule has 0 bridgehead atoms. The van der Waals surface area contributed by atoms with Gasteiger partial charge in [0.15, 0.2) is 11.2 Å². The predicted octanol–water partition coefficient (Wildman–Crippen LogP) is 1.21. The highest BCUT2D eigenvalue weighted by molar-refractivity contribution is 7.99. The van der Waals surface area contributed by atoms with Crippen molar-refractivity contribution in [3.63, 3.8) is 0 Å².